The zero-order valence-corrected chi connectivity index (χ0v) is 11.6. The number of aliphatic hydroxyl groups excluding tert-OH is 3. The fraction of sp³-hybridized carbons (Fsp3) is 0.455. The fourth-order valence-electron chi connectivity index (χ4n) is 1.96. The number of benzene rings is 1. The molecular formula is C11H16NO8P. The molecule has 2 rings (SSSR count). The van der Waals surface area contributed by atoms with Gasteiger partial charge in [-0.3, -0.25) is 4.52 Å². The molecule has 0 saturated carbocycles. The molecule has 1 aliphatic rings. The predicted molar refractivity (Wildman–Crippen MR) is 69.9 cm³/mol. The maximum atomic E-state index is 10.7. The van der Waals surface area contributed by atoms with Gasteiger partial charge in [-0.25, -0.2) is 4.57 Å². The zero-order valence-electron chi connectivity index (χ0n) is 10.7. The Kier molecular flexibility index (Phi) is 4.97. The van der Waals surface area contributed by atoms with Gasteiger partial charge in [0.05, 0.1) is 0 Å². The number of nitrogens with one attached hydrogen (secondary N) is 1. The predicted octanol–water partition coefficient (Wildman–Crippen LogP) is -1.03. The first-order valence-electron chi connectivity index (χ1n) is 6.03. The summed E-state index contributed by atoms with van der Waals surface area (Å²) in [5.74, 6) is 0. The quantitative estimate of drug-likeness (QED) is 0.296. The topological polar surface area (TPSA) is 149 Å². The van der Waals surface area contributed by atoms with Crippen LogP contribution in [-0.4, -0.2) is 55.9 Å². The van der Waals surface area contributed by atoms with E-state index in [9.17, 15) is 19.9 Å². The van der Waals surface area contributed by atoms with Gasteiger partial charge in [0.2, 0.25) is 0 Å². The molecule has 9 nitrogen and oxygen atoms in total. The third-order valence-corrected chi connectivity index (χ3v) is 3.40. The Hall–Kier alpha value is -1.03. The molecule has 0 amide bonds. The van der Waals surface area contributed by atoms with E-state index < -0.39 is 38.7 Å². The van der Waals surface area contributed by atoms with Crippen molar-refractivity contribution in [1.29, 1.82) is 0 Å². The molecule has 6 N–H and O–H groups in total. The van der Waals surface area contributed by atoms with Crippen molar-refractivity contribution < 1.29 is 38.9 Å². The number of ether oxygens (including phenoxy) is 1. The van der Waals surface area contributed by atoms with Crippen LogP contribution in [0.5, 0.6) is 0 Å². The second kappa shape index (κ2) is 6.39. The highest BCUT2D eigenvalue weighted by atomic mass is 31.2. The van der Waals surface area contributed by atoms with Crippen LogP contribution in [0.3, 0.4) is 0 Å². The summed E-state index contributed by atoms with van der Waals surface area (Å²) in [7, 11) is -4.95. The molecule has 5 atom stereocenters. The summed E-state index contributed by atoms with van der Waals surface area (Å²) in [6.07, 6.45) is -7.65. The van der Waals surface area contributed by atoms with E-state index in [1.165, 1.54) is 0 Å². The molecule has 0 bridgehead atoms. The van der Waals surface area contributed by atoms with Gasteiger partial charge in [0.25, 0.3) is 0 Å². The minimum atomic E-state index is -4.95. The van der Waals surface area contributed by atoms with Crippen LogP contribution in [0, 0.1) is 0 Å². The van der Waals surface area contributed by atoms with Crippen LogP contribution >= 0.6 is 7.82 Å². The molecule has 1 aromatic rings. The molecule has 1 aromatic carbocycles. The van der Waals surface area contributed by atoms with Gasteiger partial charge in [0.1, 0.15) is 18.3 Å². The number of anilines is 1. The van der Waals surface area contributed by atoms with E-state index in [0.29, 0.717) is 5.69 Å². The Morgan fingerprint density at radius 3 is 2.38 bits per heavy atom. The second-order valence-electron chi connectivity index (χ2n) is 4.50. The smallest absolute Gasteiger partial charge is 0.387 e. The van der Waals surface area contributed by atoms with Crippen LogP contribution in [0.4, 0.5) is 5.69 Å². The molecule has 0 spiro atoms. The van der Waals surface area contributed by atoms with E-state index in [1.54, 1.807) is 30.3 Å². The van der Waals surface area contributed by atoms with Crippen molar-refractivity contribution in [3.8, 4) is 0 Å². The summed E-state index contributed by atoms with van der Waals surface area (Å²) in [4.78, 5) is 17.2. The van der Waals surface area contributed by atoms with Crippen molar-refractivity contribution in [3.05, 3.63) is 30.3 Å². The minimum absolute atomic E-state index is 0.597. The lowest BCUT2D eigenvalue weighted by atomic mass is 10.1. The van der Waals surface area contributed by atoms with Crippen molar-refractivity contribution >= 4 is 13.5 Å². The second-order valence-corrected chi connectivity index (χ2v) is 5.69. The van der Waals surface area contributed by atoms with Gasteiger partial charge in [0.15, 0.2) is 12.5 Å². The van der Waals surface area contributed by atoms with E-state index in [1.807, 2.05) is 0 Å². The van der Waals surface area contributed by atoms with Crippen molar-refractivity contribution in [2.75, 3.05) is 5.32 Å². The van der Waals surface area contributed by atoms with Crippen LogP contribution in [0.1, 0.15) is 0 Å². The molecule has 21 heavy (non-hydrogen) atoms. The number of para-hydroxylation sites is 1. The highest BCUT2D eigenvalue weighted by Gasteiger charge is 2.47. The van der Waals surface area contributed by atoms with Crippen LogP contribution < -0.4 is 5.32 Å². The summed E-state index contributed by atoms with van der Waals surface area (Å²) < 4.78 is 19.9. The third-order valence-electron chi connectivity index (χ3n) is 2.91. The van der Waals surface area contributed by atoms with E-state index in [-0.39, 0.29) is 0 Å². The zero-order chi connectivity index (χ0) is 15.6. The summed E-state index contributed by atoms with van der Waals surface area (Å²) in [6.45, 7) is 0. The molecule has 1 fully saturated rings. The highest BCUT2D eigenvalue weighted by molar-refractivity contribution is 7.46. The van der Waals surface area contributed by atoms with Crippen LogP contribution in [-0.2, 0) is 13.8 Å². The summed E-state index contributed by atoms with van der Waals surface area (Å²) in [6, 6.07) is 8.65. The molecule has 118 valence electrons. The van der Waals surface area contributed by atoms with Gasteiger partial charge in [-0.15, -0.1) is 0 Å². The number of phosphoric ester groups is 1. The van der Waals surface area contributed by atoms with E-state index in [4.69, 9.17) is 14.5 Å². The number of phosphoric acid groups is 1. The largest absolute Gasteiger partial charge is 0.472 e. The van der Waals surface area contributed by atoms with Crippen LogP contribution in [0.2, 0.25) is 0 Å². The number of aliphatic hydroxyl groups is 3. The Morgan fingerprint density at radius 1 is 1.19 bits per heavy atom. The molecule has 2 unspecified atom stereocenters. The molecule has 1 heterocycles. The van der Waals surface area contributed by atoms with Crippen molar-refractivity contribution in [2.24, 2.45) is 0 Å². The first kappa shape index (κ1) is 16.3. The molecule has 0 aliphatic carbocycles. The minimum Gasteiger partial charge on any atom is -0.387 e. The summed E-state index contributed by atoms with van der Waals surface area (Å²) in [5.41, 5.74) is 0.597. The standard InChI is InChI=1S/C11H16NO8P/c13-7-8(14)10(12-6-4-2-1-3-5-6)19-9(7)11(15)20-21(16,17)18/h1-5,7-15H,(H2,16,17,18)/t7-,8+,9-,10?,11?/m0/s1. The van der Waals surface area contributed by atoms with Gasteiger partial charge in [-0.2, -0.15) is 0 Å². The van der Waals surface area contributed by atoms with Gasteiger partial charge in [-0.1, -0.05) is 18.2 Å². The van der Waals surface area contributed by atoms with E-state index >= 15 is 0 Å². The van der Waals surface area contributed by atoms with Crippen LogP contribution in [0.15, 0.2) is 30.3 Å². The lowest BCUT2D eigenvalue weighted by Crippen LogP contribution is -2.40. The number of hydrogen-bond donors (Lipinski definition) is 6. The van der Waals surface area contributed by atoms with Crippen molar-refractivity contribution in [1.82, 2.24) is 0 Å². The first-order chi connectivity index (χ1) is 9.78. The molecule has 1 saturated heterocycles. The normalized spacial score (nSPS) is 31.1. The monoisotopic (exact) mass is 321 g/mol. The average molecular weight is 321 g/mol. The summed E-state index contributed by atoms with van der Waals surface area (Å²) in [5, 5.41) is 31.9. The average Bonchev–Trinajstić information content (AvgIpc) is 2.66. The fourth-order valence-corrected chi connectivity index (χ4v) is 2.36. The Balaban J connectivity index is 2.02. The maximum Gasteiger partial charge on any atom is 0.472 e. The third kappa shape index (κ3) is 4.22. The van der Waals surface area contributed by atoms with Gasteiger partial charge < -0.3 is 35.2 Å². The highest BCUT2D eigenvalue weighted by Crippen LogP contribution is 2.39. The SMILES string of the molecule is O=P(O)(O)OC(O)[C@H]1OC(Nc2ccccc2)[C@H](O)[C@@H]1O. The Bertz CT molecular complexity index is 508. The summed E-state index contributed by atoms with van der Waals surface area (Å²) >= 11 is 0. The van der Waals surface area contributed by atoms with Gasteiger partial charge in [0, 0.05) is 5.69 Å². The van der Waals surface area contributed by atoms with Crippen molar-refractivity contribution in [2.45, 2.75) is 30.8 Å². The van der Waals surface area contributed by atoms with Crippen molar-refractivity contribution in [3.63, 3.8) is 0 Å². The molecule has 1 aliphatic heterocycles. The van der Waals surface area contributed by atoms with Gasteiger partial charge in [-0.05, 0) is 12.1 Å². The molecular weight excluding hydrogens is 305 g/mol. The maximum absolute atomic E-state index is 10.7. The van der Waals surface area contributed by atoms with E-state index in [0.717, 1.165) is 0 Å². The van der Waals surface area contributed by atoms with E-state index in [2.05, 4.69) is 9.84 Å². The molecule has 0 radical (unpaired) electrons. The Morgan fingerprint density at radius 2 is 1.81 bits per heavy atom. The molecule has 10 heteroatoms. The first-order valence-corrected chi connectivity index (χ1v) is 7.56. The lowest BCUT2D eigenvalue weighted by molar-refractivity contribution is -0.151. The molecule has 0 aromatic heterocycles. The van der Waals surface area contributed by atoms with Gasteiger partial charge >= 0.3 is 7.82 Å². The van der Waals surface area contributed by atoms with Crippen LogP contribution in [0.25, 0.3) is 0 Å². The lowest BCUT2D eigenvalue weighted by Gasteiger charge is -2.21. The number of hydrogen-bond acceptors (Lipinski definition) is 7. The number of rotatable bonds is 5. The Labute approximate surface area is 120 Å².